The molecule has 9 heteroatoms. The highest BCUT2D eigenvalue weighted by Crippen LogP contribution is 2.30. The number of nitro groups is 1. The maximum absolute atomic E-state index is 13.7. The molecule has 0 saturated carbocycles. The van der Waals surface area contributed by atoms with Crippen molar-refractivity contribution in [2.75, 3.05) is 17.7 Å². The summed E-state index contributed by atoms with van der Waals surface area (Å²) in [5, 5.41) is 13.6. The van der Waals surface area contributed by atoms with Crippen LogP contribution < -0.4 is 15.8 Å². The van der Waals surface area contributed by atoms with E-state index in [-0.39, 0.29) is 23.1 Å². The summed E-state index contributed by atoms with van der Waals surface area (Å²) in [6.07, 6.45) is 1.08. The lowest BCUT2D eigenvalue weighted by molar-refractivity contribution is -0.383. The highest BCUT2D eigenvalue weighted by Gasteiger charge is 2.21. The summed E-state index contributed by atoms with van der Waals surface area (Å²) >= 11 is 0. The molecule has 1 heterocycles. The first-order valence-corrected chi connectivity index (χ1v) is 5.97. The molecule has 0 atom stereocenters. The van der Waals surface area contributed by atoms with Gasteiger partial charge in [0.15, 0.2) is 11.6 Å². The molecule has 0 aliphatic carbocycles. The number of ether oxygens (including phenoxy) is 1. The van der Waals surface area contributed by atoms with Crippen LogP contribution in [0.2, 0.25) is 0 Å². The molecule has 8 nitrogen and oxygen atoms in total. The summed E-state index contributed by atoms with van der Waals surface area (Å²) in [5.41, 5.74) is 5.25. The first kappa shape index (κ1) is 14.4. The van der Waals surface area contributed by atoms with Crippen molar-refractivity contribution in [3.8, 4) is 5.75 Å². The van der Waals surface area contributed by atoms with E-state index in [4.69, 9.17) is 10.5 Å². The lowest BCUT2D eigenvalue weighted by atomic mass is 10.3. The number of hydrogen-bond acceptors (Lipinski definition) is 7. The molecule has 0 bridgehead atoms. The van der Waals surface area contributed by atoms with E-state index in [1.54, 1.807) is 6.92 Å². The molecule has 110 valence electrons. The van der Waals surface area contributed by atoms with Crippen molar-refractivity contribution in [3.05, 3.63) is 40.5 Å². The Balaban J connectivity index is 2.33. The number of hydrogen-bond donors (Lipinski definition) is 2. The Morgan fingerprint density at radius 2 is 2.24 bits per heavy atom. The highest BCUT2D eigenvalue weighted by molar-refractivity contribution is 5.72. The zero-order valence-corrected chi connectivity index (χ0v) is 11.0. The van der Waals surface area contributed by atoms with Crippen LogP contribution in [0.15, 0.2) is 24.5 Å². The van der Waals surface area contributed by atoms with Crippen LogP contribution in [0.3, 0.4) is 0 Å². The summed E-state index contributed by atoms with van der Waals surface area (Å²) in [5.74, 6) is -0.883. The van der Waals surface area contributed by atoms with Gasteiger partial charge in [-0.15, -0.1) is 0 Å². The normalized spacial score (nSPS) is 10.2. The van der Waals surface area contributed by atoms with Gasteiger partial charge in [0.2, 0.25) is 11.6 Å². The molecule has 0 saturated heterocycles. The van der Waals surface area contributed by atoms with Gasteiger partial charge in [-0.25, -0.2) is 14.4 Å². The van der Waals surface area contributed by atoms with Crippen molar-refractivity contribution < 1.29 is 14.1 Å². The quantitative estimate of drug-likeness (QED) is 0.641. The molecule has 2 aromatic rings. The minimum Gasteiger partial charge on any atom is -0.491 e. The molecule has 0 aliphatic rings. The highest BCUT2D eigenvalue weighted by atomic mass is 19.1. The maximum atomic E-state index is 13.7. The van der Waals surface area contributed by atoms with Crippen molar-refractivity contribution in [1.29, 1.82) is 0 Å². The van der Waals surface area contributed by atoms with Gasteiger partial charge in [0.1, 0.15) is 6.33 Å². The van der Waals surface area contributed by atoms with E-state index in [0.29, 0.717) is 6.61 Å². The van der Waals surface area contributed by atoms with Crippen LogP contribution in [0.25, 0.3) is 0 Å². The minimum absolute atomic E-state index is 0.0970. The second-order valence-electron chi connectivity index (χ2n) is 3.92. The van der Waals surface area contributed by atoms with Crippen LogP contribution in [0.4, 0.5) is 27.4 Å². The molecule has 0 radical (unpaired) electrons. The van der Waals surface area contributed by atoms with E-state index in [1.807, 2.05) is 0 Å². The molecule has 3 N–H and O–H groups in total. The van der Waals surface area contributed by atoms with Crippen molar-refractivity contribution >= 4 is 23.0 Å². The van der Waals surface area contributed by atoms with Crippen molar-refractivity contribution in [3.63, 3.8) is 0 Å². The lowest BCUT2D eigenvalue weighted by Crippen LogP contribution is -2.05. The molecule has 0 aliphatic heterocycles. The van der Waals surface area contributed by atoms with Crippen LogP contribution in [-0.2, 0) is 0 Å². The Labute approximate surface area is 118 Å². The van der Waals surface area contributed by atoms with Crippen LogP contribution in [-0.4, -0.2) is 21.5 Å². The van der Waals surface area contributed by atoms with Crippen molar-refractivity contribution in [2.45, 2.75) is 6.92 Å². The third-order valence-electron chi connectivity index (χ3n) is 2.53. The van der Waals surface area contributed by atoms with Gasteiger partial charge in [-0.3, -0.25) is 10.1 Å². The molecule has 1 aromatic carbocycles. The van der Waals surface area contributed by atoms with E-state index in [9.17, 15) is 14.5 Å². The number of aromatic nitrogens is 2. The number of nitrogen functional groups attached to an aromatic ring is 1. The topological polar surface area (TPSA) is 116 Å². The first-order chi connectivity index (χ1) is 10.0. The molecule has 21 heavy (non-hydrogen) atoms. The second-order valence-corrected chi connectivity index (χ2v) is 3.92. The van der Waals surface area contributed by atoms with Crippen molar-refractivity contribution in [1.82, 2.24) is 9.97 Å². The number of nitrogens with zero attached hydrogens (tertiary/aromatic N) is 3. The maximum Gasteiger partial charge on any atom is 0.353 e. The SMILES string of the molecule is CCOc1ccc(Nc2ncnc(N)c2[N+](=O)[O-])cc1F. The number of nitrogens with one attached hydrogen (secondary N) is 1. The zero-order chi connectivity index (χ0) is 15.4. The van der Waals surface area contributed by atoms with Crippen molar-refractivity contribution in [2.24, 2.45) is 0 Å². The molecule has 0 unspecified atom stereocenters. The standard InChI is InChI=1S/C12H12FN5O3/c1-2-21-9-4-3-7(5-8(9)13)17-12-10(18(19)20)11(14)15-6-16-12/h3-6H,2H2,1H3,(H3,14,15,16,17). The summed E-state index contributed by atoms with van der Waals surface area (Å²) < 4.78 is 18.8. The molecule has 0 spiro atoms. The van der Waals surface area contributed by atoms with Crippen LogP contribution >= 0.6 is 0 Å². The van der Waals surface area contributed by atoms with Crippen LogP contribution in [0.1, 0.15) is 6.92 Å². The number of anilines is 3. The fourth-order valence-electron chi connectivity index (χ4n) is 1.65. The number of benzene rings is 1. The van der Waals surface area contributed by atoms with E-state index >= 15 is 0 Å². The smallest absolute Gasteiger partial charge is 0.353 e. The van der Waals surface area contributed by atoms with Gasteiger partial charge in [0.05, 0.1) is 11.5 Å². The number of rotatable bonds is 5. The van der Waals surface area contributed by atoms with Gasteiger partial charge in [-0.1, -0.05) is 0 Å². The third kappa shape index (κ3) is 3.14. The monoisotopic (exact) mass is 293 g/mol. The summed E-state index contributed by atoms with van der Waals surface area (Å²) in [6.45, 7) is 2.07. The average Bonchev–Trinajstić information content (AvgIpc) is 2.41. The van der Waals surface area contributed by atoms with E-state index in [1.165, 1.54) is 12.1 Å². The molecule has 0 fully saturated rings. The van der Waals surface area contributed by atoms with Gasteiger partial charge in [0.25, 0.3) is 0 Å². The molecule has 1 aromatic heterocycles. The van der Waals surface area contributed by atoms with Gasteiger partial charge in [-0.05, 0) is 19.1 Å². The van der Waals surface area contributed by atoms with E-state index in [2.05, 4.69) is 15.3 Å². The van der Waals surface area contributed by atoms with Crippen LogP contribution in [0.5, 0.6) is 5.75 Å². The van der Waals surface area contributed by atoms with Gasteiger partial charge < -0.3 is 15.8 Å². The zero-order valence-electron chi connectivity index (χ0n) is 11.0. The minimum atomic E-state index is -0.706. The Hall–Kier alpha value is -2.97. The first-order valence-electron chi connectivity index (χ1n) is 5.97. The van der Waals surface area contributed by atoms with E-state index < -0.39 is 16.4 Å². The number of nitrogens with two attached hydrogens (primary N) is 1. The summed E-state index contributed by atoms with van der Waals surface area (Å²) in [7, 11) is 0. The van der Waals surface area contributed by atoms with E-state index in [0.717, 1.165) is 12.4 Å². The Morgan fingerprint density at radius 1 is 1.48 bits per heavy atom. The largest absolute Gasteiger partial charge is 0.491 e. The predicted molar refractivity (Wildman–Crippen MR) is 74.0 cm³/mol. The fraction of sp³-hybridized carbons (Fsp3) is 0.167. The van der Waals surface area contributed by atoms with Gasteiger partial charge in [-0.2, -0.15) is 0 Å². The average molecular weight is 293 g/mol. The van der Waals surface area contributed by atoms with Gasteiger partial charge >= 0.3 is 5.69 Å². The van der Waals surface area contributed by atoms with Crippen LogP contribution in [0, 0.1) is 15.9 Å². The Kier molecular flexibility index (Phi) is 4.12. The third-order valence-corrected chi connectivity index (χ3v) is 2.53. The molecular formula is C12H12FN5O3. The molecule has 0 amide bonds. The fourth-order valence-corrected chi connectivity index (χ4v) is 1.65. The molecular weight excluding hydrogens is 281 g/mol. The summed E-state index contributed by atoms with van der Waals surface area (Å²) in [6, 6.07) is 4.07. The molecule has 2 rings (SSSR count). The Morgan fingerprint density at radius 3 is 2.86 bits per heavy atom. The van der Waals surface area contributed by atoms with Gasteiger partial charge in [0, 0.05) is 11.8 Å². The lowest BCUT2D eigenvalue weighted by Gasteiger charge is -2.09. The number of halogens is 1. The Bertz CT molecular complexity index is 680. The second kappa shape index (κ2) is 5.99. The summed E-state index contributed by atoms with van der Waals surface area (Å²) in [4.78, 5) is 17.5. The predicted octanol–water partition coefficient (Wildman–Crippen LogP) is 2.25.